The number of hydrogen-bond acceptors (Lipinski definition) is 19. The monoisotopic (exact) mass is 1040 g/mol. The molecule has 0 spiro atoms. The molecule has 0 aliphatic rings. The summed E-state index contributed by atoms with van der Waals surface area (Å²) in [5.74, 6) is -1.92. The van der Waals surface area contributed by atoms with E-state index in [2.05, 4.69) is 103 Å². The molecule has 65 heavy (non-hydrogen) atoms. The van der Waals surface area contributed by atoms with Crippen LogP contribution in [0.4, 0.5) is 22.0 Å². The highest BCUT2D eigenvalue weighted by Crippen LogP contribution is 2.22. The van der Waals surface area contributed by atoms with Crippen LogP contribution >= 0.6 is 22.6 Å². The zero-order chi connectivity index (χ0) is 49.1. The van der Waals surface area contributed by atoms with Gasteiger partial charge in [0.2, 0.25) is 15.5 Å². The largest absolute Gasteiger partial charge is 0.388 e. The third kappa shape index (κ3) is 25.3. The van der Waals surface area contributed by atoms with Gasteiger partial charge in [-0.15, -0.1) is 10.2 Å². The molecule has 0 aliphatic carbocycles. The predicted octanol–water partition coefficient (Wildman–Crippen LogP) is 0.649. The molecule has 0 saturated heterocycles. The quantitative estimate of drug-likeness (QED) is 0.152. The Morgan fingerprint density at radius 3 is 1.20 bits per heavy atom. The maximum atomic E-state index is 12.3. The molecular formula is C32H51F5IN25O2. The number of nitrogens with zero attached hydrogens (tertiary/aromatic N) is 24. The summed E-state index contributed by atoms with van der Waals surface area (Å²) in [5, 5.41) is 47.0. The van der Waals surface area contributed by atoms with Gasteiger partial charge >= 0.3 is 5.92 Å². The Balaban J connectivity index is 0.000000373. The van der Waals surface area contributed by atoms with Crippen LogP contribution in [0.25, 0.3) is 0 Å². The van der Waals surface area contributed by atoms with Crippen molar-refractivity contribution in [1.29, 1.82) is 0 Å². The van der Waals surface area contributed by atoms with Gasteiger partial charge in [0.15, 0.2) is 30.0 Å². The summed E-state index contributed by atoms with van der Waals surface area (Å²) >= 11 is 2.06. The average Bonchev–Trinajstić information content (AvgIpc) is 4.10. The molecule has 8 rings (SSSR count). The van der Waals surface area contributed by atoms with E-state index in [0.717, 1.165) is 10.8 Å². The topological polar surface area (TPSA) is 312 Å². The second-order valence-corrected chi connectivity index (χ2v) is 13.4. The number of nitrogens with two attached hydrogens (primary N) is 1. The van der Waals surface area contributed by atoms with Crippen molar-refractivity contribution in [1.82, 2.24) is 118 Å². The molecule has 33 heteroatoms. The van der Waals surface area contributed by atoms with Gasteiger partial charge in [-0.1, -0.05) is 0 Å². The van der Waals surface area contributed by atoms with E-state index in [0.29, 0.717) is 24.0 Å². The average molecular weight is 1040 g/mol. The van der Waals surface area contributed by atoms with Gasteiger partial charge in [0.1, 0.15) is 69.7 Å². The van der Waals surface area contributed by atoms with Crippen molar-refractivity contribution < 1.29 is 32.2 Å². The molecule has 4 N–H and O–H groups in total. The van der Waals surface area contributed by atoms with Crippen LogP contribution in [0, 0.1) is 3.83 Å². The van der Waals surface area contributed by atoms with E-state index in [1.165, 1.54) is 39.4 Å². The molecule has 0 radical (unpaired) electrons. The van der Waals surface area contributed by atoms with Crippen molar-refractivity contribution in [3.63, 3.8) is 0 Å². The molecule has 358 valence electrons. The number of halogens is 6. The van der Waals surface area contributed by atoms with Crippen molar-refractivity contribution in [2.75, 3.05) is 0 Å². The maximum Gasteiger partial charge on any atom is 0.305 e. The first kappa shape index (κ1) is 56.4. The molecule has 0 amide bonds. The van der Waals surface area contributed by atoms with Crippen LogP contribution in [-0.2, 0) is 82.1 Å². The molecule has 0 saturated carbocycles. The smallest absolute Gasteiger partial charge is 0.305 e. The van der Waals surface area contributed by atoms with Crippen molar-refractivity contribution in [3.05, 3.63) is 95.7 Å². The molecule has 8 aromatic heterocycles. The zero-order valence-electron chi connectivity index (χ0n) is 36.9. The number of aliphatic hydroxyl groups is 2. The number of rotatable bonds is 6. The van der Waals surface area contributed by atoms with Crippen LogP contribution < -0.4 is 5.73 Å². The molecule has 1 atom stereocenters. The summed E-state index contributed by atoms with van der Waals surface area (Å²) in [6.07, 6.45) is 10.4. The molecule has 27 nitrogen and oxygen atoms in total. The molecule has 0 bridgehead atoms. The van der Waals surface area contributed by atoms with Gasteiger partial charge in [-0.3, -0.25) is 37.5 Å². The summed E-state index contributed by atoms with van der Waals surface area (Å²) in [7, 11) is 13.8. The lowest BCUT2D eigenvalue weighted by molar-refractivity contribution is 0.00766. The van der Waals surface area contributed by atoms with Crippen molar-refractivity contribution in [2.24, 2.45) is 62.1 Å². The molecule has 1 unspecified atom stereocenters. The van der Waals surface area contributed by atoms with Gasteiger partial charge in [0.25, 0.3) is 6.43 Å². The standard InChI is InChI=1S/C5H7F2N3.C5H9N3O.C4H5F2N3.C4H6FN3.C4H8N4.C4H7N3O.C3H4IN3.C3H5N3/c1-5(6,7)4-8-3-10(2)9-4;1-4(9)5-6-3-8(2)7-5;1-9-2-7-4(8-9)3(5)6;2*1-8-3-6-4(2-5)7-8;1-7-3-5-4(2-8)6-7;1-7-2-5-3(4)6-7;1-6-3-4-2-5-6/h3H,1-2H3;3-4,9H,1-2H3;2-3H,1H3;3H,2H2,1H3;3H,2,5H2,1H3;3,8H,2H2,1H3;2H,1H3;2-3H,1H3. The lowest BCUT2D eigenvalue weighted by atomic mass is 10.4. The predicted molar refractivity (Wildman–Crippen MR) is 225 cm³/mol. The number of hydrogen-bond donors (Lipinski definition) is 3. The fourth-order valence-electron chi connectivity index (χ4n) is 3.50. The van der Waals surface area contributed by atoms with Crippen molar-refractivity contribution in [2.45, 2.75) is 52.1 Å². The first-order valence-electron chi connectivity index (χ1n) is 18.2. The van der Waals surface area contributed by atoms with E-state index >= 15 is 0 Å². The Bertz CT molecular complexity index is 2240. The van der Waals surface area contributed by atoms with E-state index in [-0.39, 0.29) is 12.4 Å². The molecule has 8 aromatic rings. The minimum absolute atomic E-state index is 0.0825. The van der Waals surface area contributed by atoms with Gasteiger partial charge in [-0.2, -0.15) is 39.4 Å². The summed E-state index contributed by atoms with van der Waals surface area (Å²) < 4.78 is 72.3. The molecule has 8 heterocycles. The second-order valence-electron chi connectivity index (χ2n) is 12.4. The first-order valence-corrected chi connectivity index (χ1v) is 19.3. The lowest BCUT2D eigenvalue weighted by Crippen LogP contribution is -2.09. The van der Waals surface area contributed by atoms with E-state index in [1.54, 1.807) is 97.2 Å². The lowest BCUT2D eigenvalue weighted by Gasteiger charge is -2.02. The van der Waals surface area contributed by atoms with Crippen LogP contribution in [0.3, 0.4) is 0 Å². The van der Waals surface area contributed by atoms with Gasteiger partial charge in [0.05, 0.1) is 6.54 Å². The molecule has 0 aromatic carbocycles. The van der Waals surface area contributed by atoms with Crippen LogP contribution in [0.5, 0.6) is 0 Å². The molecular weight excluding hydrogens is 988 g/mol. The zero-order valence-corrected chi connectivity index (χ0v) is 39.1. The highest BCUT2D eigenvalue weighted by atomic mass is 127. The minimum atomic E-state index is -2.93. The molecule has 0 aliphatic heterocycles. The fraction of sp³-hybridized carbons (Fsp3) is 0.500. The van der Waals surface area contributed by atoms with Gasteiger partial charge in [-0.25, -0.2) is 53.0 Å². The summed E-state index contributed by atoms with van der Waals surface area (Å²) in [5.41, 5.74) is 5.22. The number of aliphatic hydroxyl groups excluding tert-OH is 2. The minimum Gasteiger partial charge on any atom is -0.388 e. The van der Waals surface area contributed by atoms with Gasteiger partial charge in [-0.05, 0) is 6.92 Å². The fourth-order valence-corrected chi connectivity index (χ4v) is 3.97. The number of aryl methyl sites for hydroxylation is 8. The van der Waals surface area contributed by atoms with Crippen molar-refractivity contribution >= 4 is 22.6 Å². The third-order valence-corrected chi connectivity index (χ3v) is 6.78. The van der Waals surface area contributed by atoms with E-state index < -0.39 is 36.8 Å². The van der Waals surface area contributed by atoms with E-state index in [9.17, 15) is 22.0 Å². The SMILES string of the molecule is CC(O)c1ncn(C)n1.Cn1cnc(C(C)(F)F)n1.Cn1cnc(C(F)F)n1.Cn1cnc(CF)n1.Cn1cnc(CN)n1.Cn1cnc(CO)n1.Cn1cnc(I)n1.Cn1cncn1. The summed E-state index contributed by atoms with van der Waals surface area (Å²) in [6, 6.07) is 0. The van der Waals surface area contributed by atoms with Gasteiger partial charge in [0, 0.05) is 85.9 Å². The Kier molecular flexibility index (Phi) is 25.8. The Morgan fingerprint density at radius 1 is 0.600 bits per heavy atom. The maximum absolute atomic E-state index is 12.3. The van der Waals surface area contributed by atoms with Crippen LogP contribution in [-0.4, -0.2) is 128 Å². The number of aromatic nitrogens is 24. The van der Waals surface area contributed by atoms with E-state index in [1.807, 2.05) is 21.1 Å². The van der Waals surface area contributed by atoms with E-state index in [4.69, 9.17) is 15.9 Å². The van der Waals surface area contributed by atoms with Crippen LogP contribution in [0.1, 0.15) is 61.3 Å². The highest BCUT2D eigenvalue weighted by Gasteiger charge is 2.28. The summed E-state index contributed by atoms with van der Waals surface area (Å²) in [4.78, 5) is 29.3. The van der Waals surface area contributed by atoms with Crippen molar-refractivity contribution in [3.8, 4) is 0 Å². The van der Waals surface area contributed by atoms with Crippen LogP contribution in [0.2, 0.25) is 0 Å². The normalized spacial score (nSPS) is 10.6. The number of alkyl halides is 5. The third-order valence-electron chi connectivity index (χ3n) is 6.29. The highest BCUT2D eigenvalue weighted by molar-refractivity contribution is 14.1. The molecule has 0 fully saturated rings. The van der Waals surface area contributed by atoms with Crippen LogP contribution in [0.15, 0.2) is 56.9 Å². The second kappa shape index (κ2) is 29.7. The van der Waals surface area contributed by atoms with Gasteiger partial charge < -0.3 is 15.9 Å². The Labute approximate surface area is 381 Å². The Morgan fingerprint density at radius 2 is 1.03 bits per heavy atom. The summed E-state index contributed by atoms with van der Waals surface area (Å²) in [6.45, 7) is 2.15. The first-order chi connectivity index (χ1) is 30.6. The Hall–Kier alpha value is -6.62.